The largest absolute Gasteiger partial charge is 0.366 e. The summed E-state index contributed by atoms with van der Waals surface area (Å²) in [5, 5.41) is 3.60. The van der Waals surface area contributed by atoms with E-state index >= 15 is 0 Å². The van der Waals surface area contributed by atoms with Gasteiger partial charge in [0.2, 0.25) is 10.0 Å². The molecule has 218 valence electrons. The fourth-order valence-corrected chi connectivity index (χ4v) is 9.73. The van der Waals surface area contributed by atoms with Crippen molar-refractivity contribution in [1.29, 1.82) is 0 Å². The summed E-state index contributed by atoms with van der Waals surface area (Å²) < 4.78 is 43.8. The average Bonchev–Trinajstić information content (AvgIpc) is 3.81. The van der Waals surface area contributed by atoms with Crippen LogP contribution in [0.5, 0.6) is 0 Å². The fourth-order valence-electron chi connectivity index (χ4n) is 7.83. The number of carbonyl (C=O) groups is 1. The van der Waals surface area contributed by atoms with Gasteiger partial charge in [-0.05, 0) is 106 Å². The lowest BCUT2D eigenvalue weighted by Crippen LogP contribution is -2.78. The Morgan fingerprint density at radius 3 is 2.29 bits per heavy atom. The van der Waals surface area contributed by atoms with E-state index in [1.54, 1.807) is 40.7 Å². The first-order chi connectivity index (χ1) is 19.4. The quantitative estimate of drug-likeness (QED) is 0.338. The first kappa shape index (κ1) is 27.5. The van der Waals surface area contributed by atoms with Crippen molar-refractivity contribution in [2.45, 2.75) is 93.8 Å². The minimum Gasteiger partial charge on any atom is -0.366 e. The molecule has 1 N–H and O–H groups in total. The van der Waals surface area contributed by atoms with E-state index in [9.17, 15) is 17.6 Å². The Bertz CT molecular complexity index is 1500. The summed E-state index contributed by atoms with van der Waals surface area (Å²) in [6, 6.07) is 12.5. The molecule has 2 bridgehead atoms. The molecule has 1 atom stereocenters. The lowest BCUT2D eigenvalue weighted by atomic mass is 9.38. The number of amidine groups is 1. The molecule has 8 rings (SSSR count). The zero-order valence-electron chi connectivity index (χ0n) is 23.6. The molecule has 5 fully saturated rings. The molecule has 0 spiro atoms. The van der Waals surface area contributed by atoms with Crippen LogP contribution in [0.15, 0.2) is 58.4 Å². The highest BCUT2D eigenvalue weighted by molar-refractivity contribution is 7.89. The zero-order valence-corrected chi connectivity index (χ0v) is 25.1. The molecule has 5 saturated carbocycles. The van der Waals surface area contributed by atoms with Gasteiger partial charge in [-0.2, -0.15) is 4.31 Å². The van der Waals surface area contributed by atoms with Crippen LogP contribution in [-0.2, 0) is 21.4 Å². The number of halogens is 2. The first-order valence-electron chi connectivity index (χ1n) is 14.8. The Kier molecular flexibility index (Phi) is 6.28. The van der Waals surface area contributed by atoms with Crippen molar-refractivity contribution in [3.05, 3.63) is 64.9 Å². The topological polar surface area (TPSA) is 78.8 Å². The highest BCUT2D eigenvalue weighted by Crippen LogP contribution is 2.71. The number of carbonyl (C=O) groups excluding carboxylic acids is 1. The number of benzene rings is 2. The molecule has 41 heavy (non-hydrogen) atoms. The maximum atomic E-state index is 14.3. The van der Waals surface area contributed by atoms with E-state index < -0.39 is 33.0 Å². The second-order valence-electron chi connectivity index (χ2n) is 13.8. The van der Waals surface area contributed by atoms with Crippen molar-refractivity contribution >= 4 is 33.2 Å². The molecule has 0 unspecified atom stereocenters. The van der Waals surface area contributed by atoms with Crippen LogP contribution in [0.3, 0.4) is 0 Å². The molecule has 0 aromatic heterocycles. The average molecular weight is 598 g/mol. The monoisotopic (exact) mass is 597 g/mol. The molecule has 5 aliphatic carbocycles. The Labute approximate surface area is 246 Å². The summed E-state index contributed by atoms with van der Waals surface area (Å²) in [7, 11) is -3.85. The SMILES string of the molecule is CC1(C)NC(C23CC(N(Cc4ccc(Cl)c(F)c4)S(=O)(=O)c4ccccc4)(C2)C3)=N[C@H]1C(=O)CC(C1CC1)C1CC1. The Hall–Kier alpha value is -2.29. The molecular formula is C32H37ClFN3O3S. The Morgan fingerprint density at radius 2 is 1.71 bits per heavy atom. The van der Waals surface area contributed by atoms with Crippen molar-refractivity contribution in [2.24, 2.45) is 28.2 Å². The minimum absolute atomic E-state index is 0.00769. The van der Waals surface area contributed by atoms with Gasteiger partial charge >= 0.3 is 0 Å². The van der Waals surface area contributed by atoms with Gasteiger partial charge < -0.3 is 5.32 Å². The standard InChI is InChI=1S/C32H37ClFN3O3S/c1-30(2)28(27(38)15-24(21-9-10-21)22-11-12-22)35-29(36-30)31-17-32(18-31,19-31)37(16-20-8-13-25(33)26(34)14-20)41(39,40)23-6-4-3-5-7-23/h3-8,13-14,21-22,24,28H,9-12,15-19H2,1-2H3,(H,35,36)/t28-,31?,32?/m0/s1. The molecule has 1 aliphatic heterocycles. The van der Waals surface area contributed by atoms with Crippen LogP contribution in [0.1, 0.15) is 70.8 Å². The molecule has 6 aliphatic rings. The number of nitrogens with zero attached hydrogens (tertiary/aromatic N) is 2. The van der Waals surface area contributed by atoms with E-state index in [1.807, 2.05) is 0 Å². The molecule has 2 aromatic carbocycles. The van der Waals surface area contributed by atoms with Crippen LogP contribution < -0.4 is 5.32 Å². The van der Waals surface area contributed by atoms with Gasteiger partial charge in [0, 0.05) is 23.9 Å². The third kappa shape index (κ3) is 4.65. The summed E-state index contributed by atoms with van der Waals surface area (Å²) >= 11 is 5.90. The number of aliphatic imine (C=N–C) groups is 1. The zero-order chi connectivity index (χ0) is 28.8. The predicted octanol–water partition coefficient (Wildman–Crippen LogP) is 6.14. The predicted molar refractivity (Wildman–Crippen MR) is 157 cm³/mol. The molecule has 9 heteroatoms. The lowest BCUT2D eigenvalue weighted by molar-refractivity contribution is -0.151. The molecule has 6 nitrogen and oxygen atoms in total. The van der Waals surface area contributed by atoms with E-state index in [4.69, 9.17) is 16.6 Å². The van der Waals surface area contributed by atoms with Crippen LogP contribution in [0.4, 0.5) is 4.39 Å². The second-order valence-corrected chi connectivity index (χ2v) is 16.1. The van der Waals surface area contributed by atoms with Crippen LogP contribution in [0.25, 0.3) is 0 Å². The van der Waals surface area contributed by atoms with Gasteiger partial charge in [0.05, 0.1) is 15.5 Å². The van der Waals surface area contributed by atoms with Gasteiger partial charge in [0.1, 0.15) is 17.7 Å². The molecule has 2 aromatic rings. The van der Waals surface area contributed by atoms with Crippen molar-refractivity contribution < 1.29 is 17.6 Å². The normalized spacial score (nSPS) is 30.0. The highest BCUT2D eigenvalue weighted by Gasteiger charge is 2.75. The van der Waals surface area contributed by atoms with Crippen molar-refractivity contribution in [1.82, 2.24) is 9.62 Å². The highest BCUT2D eigenvalue weighted by atomic mass is 35.5. The fraction of sp³-hybridized carbons (Fsp3) is 0.562. The number of Topliss-reactive ketones (excluding diaryl/α,β-unsaturated/α-hetero) is 1. The maximum absolute atomic E-state index is 14.3. The van der Waals surface area contributed by atoms with E-state index in [1.165, 1.54) is 37.8 Å². The number of rotatable bonds is 11. The number of hydrogen-bond donors (Lipinski definition) is 1. The minimum atomic E-state index is -3.85. The molecule has 0 radical (unpaired) electrons. The van der Waals surface area contributed by atoms with Gasteiger partial charge in [0.15, 0.2) is 5.78 Å². The molecule has 1 heterocycles. The van der Waals surface area contributed by atoms with Gasteiger partial charge in [-0.1, -0.05) is 35.9 Å². The number of hydrogen-bond acceptors (Lipinski definition) is 5. The summed E-state index contributed by atoms with van der Waals surface area (Å²) in [6.45, 7) is 4.16. The number of nitrogens with one attached hydrogen (secondary N) is 1. The van der Waals surface area contributed by atoms with Crippen LogP contribution in [-0.4, -0.2) is 41.5 Å². The van der Waals surface area contributed by atoms with Gasteiger partial charge in [0.25, 0.3) is 0 Å². The van der Waals surface area contributed by atoms with Crippen molar-refractivity contribution in [3.63, 3.8) is 0 Å². The summed E-state index contributed by atoms with van der Waals surface area (Å²) in [5.41, 5.74) is -0.753. The van der Waals surface area contributed by atoms with Gasteiger partial charge in [-0.25, -0.2) is 12.8 Å². The van der Waals surface area contributed by atoms with Crippen molar-refractivity contribution in [3.8, 4) is 0 Å². The summed E-state index contributed by atoms with van der Waals surface area (Å²) in [4.78, 5) is 18.8. The van der Waals surface area contributed by atoms with E-state index in [2.05, 4.69) is 19.2 Å². The van der Waals surface area contributed by atoms with Gasteiger partial charge in [-0.3, -0.25) is 9.79 Å². The third-order valence-corrected chi connectivity index (χ3v) is 12.5. The van der Waals surface area contributed by atoms with Crippen LogP contribution in [0.2, 0.25) is 5.02 Å². The lowest BCUT2D eigenvalue weighted by Gasteiger charge is -2.73. The molecule has 0 amide bonds. The van der Waals surface area contributed by atoms with Crippen LogP contribution in [0, 0.1) is 29.0 Å². The Morgan fingerprint density at radius 1 is 1.07 bits per heavy atom. The molecular weight excluding hydrogens is 561 g/mol. The third-order valence-electron chi connectivity index (χ3n) is 10.3. The van der Waals surface area contributed by atoms with Crippen LogP contribution >= 0.6 is 11.6 Å². The smallest absolute Gasteiger partial charge is 0.243 e. The van der Waals surface area contributed by atoms with E-state index in [0.29, 0.717) is 37.2 Å². The van der Waals surface area contributed by atoms with Gasteiger partial charge in [-0.15, -0.1) is 0 Å². The van der Waals surface area contributed by atoms with Crippen molar-refractivity contribution in [2.75, 3.05) is 0 Å². The number of ketones is 1. The van der Waals surface area contributed by atoms with E-state index in [0.717, 1.165) is 17.7 Å². The second kappa shape index (κ2) is 9.35. The first-order valence-corrected chi connectivity index (χ1v) is 16.7. The summed E-state index contributed by atoms with van der Waals surface area (Å²) in [6.07, 6.45) is 7.51. The summed E-state index contributed by atoms with van der Waals surface area (Å²) in [5.74, 6) is 2.48. The molecule has 0 saturated heterocycles. The van der Waals surface area contributed by atoms with E-state index in [-0.39, 0.29) is 27.7 Å². The number of sulfonamides is 1. The Balaban J connectivity index is 1.12. The maximum Gasteiger partial charge on any atom is 0.243 e.